The average Bonchev–Trinajstić information content (AvgIpc) is 2.75. The molecule has 0 fully saturated rings. The van der Waals surface area contributed by atoms with Crippen LogP contribution in [0.15, 0.2) is 17.5 Å². The van der Waals surface area contributed by atoms with E-state index in [0.717, 1.165) is 6.54 Å². The topological polar surface area (TPSA) is 49.6 Å². The van der Waals surface area contributed by atoms with Crippen LogP contribution in [0.1, 0.15) is 11.8 Å². The fourth-order valence-corrected chi connectivity index (χ4v) is 2.19. The van der Waals surface area contributed by atoms with E-state index in [9.17, 15) is 4.79 Å². The van der Waals surface area contributed by atoms with E-state index in [1.807, 2.05) is 36.5 Å². The Morgan fingerprint density at radius 3 is 2.65 bits per heavy atom. The van der Waals surface area contributed by atoms with Crippen LogP contribution in [0.5, 0.6) is 0 Å². The molecular formula is C12H21N3OS. The Labute approximate surface area is 107 Å². The van der Waals surface area contributed by atoms with Crippen molar-refractivity contribution in [2.75, 3.05) is 27.2 Å². The van der Waals surface area contributed by atoms with Gasteiger partial charge in [0.25, 0.3) is 0 Å². The molecule has 0 aliphatic heterocycles. The number of likely N-dealkylation sites (N-methyl/N-ethyl adjacent to an activating group) is 1. The van der Waals surface area contributed by atoms with Gasteiger partial charge in [-0.1, -0.05) is 6.07 Å². The number of nitrogens with zero attached hydrogens (tertiary/aromatic N) is 2. The molecule has 1 heterocycles. The second kappa shape index (κ2) is 6.74. The van der Waals surface area contributed by atoms with Crippen molar-refractivity contribution in [3.05, 3.63) is 22.4 Å². The Hall–Kier alpha value is -0.910. The van der Waals surface area contributed by atoms with Crippen LogP contribution in [-0.4, -0.2) is 48.9 Å². The molecular weight excluding hydrogens is 234 g/mol. The molecule has 0 aliphatic rings. The summed E-state index contributed by atoms with van der Waals surface area (Å²) in [5, 5.41) is 2.02. The lowest BCUT2D eigenvalue weighted by atomic mass is 10.3. The second-order valence-electron chi connectivity index (χ2n) is 4.43. The highest BCUT2D eigenvalue weighted by Gasteiger charge is 2.17. The smallest absolute Gasteiger partial charge is 0.239 e. The van der Waals surface area contributed by atoms with Crippen LogP contribution < -0.4 is 5.73 Å². The van der Waals surface area contributed by atoms with Crippen LogP contribution in [0.4, 0.5) is 0 Å². The van der Waals surface area contributed by atoms with Crippen molar-refractivity contribution in [1.29, 1.82) is 0 Å². The number of carbonyl (C=O) groups is 1. The molecule has 0 radical (unpaired) electrons. The van der Waals surface area contributed by atoms with E-state index in [1.165, 1.54) is 4.88 Å². The summed E-state index contributed by atoms with van der Waals surface area (Å²) >= 11 is 1.67. The van der Waals surface area contributed by atoms with E-state index < -0.39 is 6.04 Å². The number of nitrogens with two attached hydrogens (primary N) is 1. The molecule has 17 heavy (non-hydrogen) atoms. The zero-order valence-electron chi connectivity index (χ0n) is 10.7. The predicted octanol–water partition coefficient (Wildman–Crippen LogP) is 0.986. The summed E-state index contributed by atoms with van der Waals surface area (Å²) in [5.41, 5.74) is 5.67. The monoisotopic (exact) mass is 255 g/mol. The first-order valence-electron chi connectivity index (χ1n) is 5.72. The highest BCUT2D eigenvalue weighted by Crippen LogP contribution is 2.12. The van der Waals surface area contributed by atoms with E-state index in [0.29, 0.717) is 13.1 Å². The molecule has 0 spiro atoms. The number of hydrogen-bond acceptors (Lipinski definition) is 4. The van der Waals surface area contributed by atoms with Gasteiger partial charge in [-0.05, 0) is 32.5 Å². The molecule has 1 unspecified atom stereocenters. The summed E-state index contributed by atoms with van der Waals surface area (Å²) in [6.07, 6.45) is 0. The normalized spacial score (nSPS) is 12.8. The van der Waals surface area contributed by atoms with E-state index in [4.69, 9.17) is 5.73 Å². The minimum Gasteiger partial charge on any atom is -0.335 e. The fourth-order valence-electron chi connectivity index (χ4n) is 1.47. The van der Waals surface area contributed by atoms with Gasteiger partial charge in [-0.2, -0.15) is 0 Å². The number of carbonyl (C=O) groups excluding carboxylic acids is 1. The summed E-state index contributed by atoms with van der Waals surface area (Å²) < 4.78 is 0. The van der Waals surface area contributed by atoms with Crippen molar-refractivity contribution in [2.24, 2.45) is 5.73 Å². The molecule has 0 bridgehead atoms. The van der Waals surface area contributed by atoms with Crippen molar-refractivity contribution < 1.29 is 4.79 Å². The minimum absolute atomic E-state index is 0.0141. The van der Waals surface area contributed by atoms with Crippen LogP contribution in [0.3, 0.4) is 0 Å². The van der Waals surface area contributed by atoms with Crippen molar-refractivity contribution in [1.82, 2.24) is 9.80 Å². The van der Waals surface area contributed by atoms with Gasteiger partial charge in [0, 0.05) is 18.0 Å². The van der Waals surface area contributed by atoms with E-state index in [2.05, 4.69) is 4.90 Å². The first-order valence-corrected chi connectivity index (χ1v) is 6.60. The maximum atomic E-state index is 12.0. The summed E-state index contributed by atoms with van der Waals surface area (Å²) in [5.74, 6) is 0.0141. The molecule has 0 aliphatic carbocycles. The van der Waals surface area contributed by atoms with E-state index >= 15 is 0 Å². The van der Waals surface area contributed by atoms with Gasteiger partial charge in [0.1, 0.15) is 0 Å². The molecule has 2 N–H and O–H groups in total. The summed E-state index contributed by atoms with van der Waals surface area (Å²) in [6, 6.07) is 3.61. The standard InChI is InChI=1S/C12H21N3OS/c1-10(13)12(16)15(7-6-14(2)3)9-11-5-4-8-17-11/h4-5,8,10H,6-7,9,13H2,1-3H3. The quantitative estimate of drug-likeness (QED) is 0.824. The lowest BCUT2D eigenvalue weighted by Gasteiger charge is -2.25. The Morgan fingerprint density at radius 2 is 2.18 bits per heavy atom. The number of thiophene rings is 1. The third-order valence-electron chi connectivity index (χ3n) is 2.45. The zero-order chi connectivity index (χ0) is 12.8. The highest BCUT2D eigenvalue weighted by molar-refractivity contribution is 7.09. The van der Waals surface area contributed by atoms with Crippen molar-refractivity contribution in [2.45, 2.75) is 19.5 Å². The highest BCUT2D eigenvalue weighted by atomic mass is 32.1. The van der Waals surface area contributed by atoms with Gasteiger partial charge >= 0.3 is 0 Å². The number of amides is 1. The van der Waals surface area contributed by atoms with Gasteiger partial charge in [-0.15, -0.1) is 11.3 Å². The minimum atomic E-state index is -0.433. The van der Waals surface area contributed by atoms with Gasteiger partial charge < -0.3 is 15.5 Å². The van der Waals surface area contributed by atoms with Crippen LogP contribution in [0, 0.1) is 0 Å². The lowest BCUT2D eigenvalue weighted by Crippen LogP contribution is -2.44. The van der Waals surface area contributed by atoms with E-state index in [-0.39, 0.29) is 5.91 Å². The molecule has 1 aromatic heterocycles. The largest absolute Gasteiger partial charge is 0.335 e. The Bertz CT molecular complexity index is 336. The summed E-state index contributed by atoms with van der Waals surface area (Å²) in [7, 11) is 4.00. The van der Waals surface area contributed by atoms with E-state index in [1.54, 1.807) is 18.3 Å². The average molecular weight is 255 g/mol. The Balaban J connectivity index is 2.61. The van der Waals surface area contributed by atoms with Crippen molar-refractivity contribution in [3.63, 3.8) is 0 Å². The molecule has 1 atom stereocenters. The molecule has 0 saturated carbocycles. The molecule has 96 valence electrons. The SMILES string of the molecule is CC(N)C(=O)N(CCN(C)C)Cc1cccs1. The maximum absolute atomic E-state index is 12.0. The van der Waals surface area contributed by atoms with Gasteiger partial charge in [0.15, 0.2) is 0 Å². The third-order valence-corrected chi connectivity index (χ3v) is 3.31. The van der Waals surface area contributed by atoms with Gasteiger partial charge in [-0.3, -0.25) is 4.79 Å². The van der Waals surface area contributed by atoms with Crippen molar-refractivity contribution in [3.8, 4) is 0 Å². The molecule has 0 saturated heterocycles. The molecule has 1 amide bonds. The summed E-state index contributed by atoms with van der Waals surface area (Å²) in [4.78, 5) is 17.1. The third kappa shape index (κ3) is 4.85. The molecule has 4 nitrogen and oxygen atoms in total. The maximum Gasteiger partial charge on any atom is 0.239 e. The summed E-state index contributed by atoms with van der Waals surface area (Å²) in [6.45, 7) is 3.96. The zero-order valence-corrected chi connectivity index (χ0v) is 11.5. The second-order valence-corrected chi connectivity index (χ2v) is 5.46. The molecule has 1 aromatic rings. The van der Waals surface area contributed by atoms with Crippen molar-refractivity contribution >= 4 is 17.2 Å². The van der Waals surface area contributed by atoms with Crippen LogP contribution in [0.25, 0.3) is 0 Å². The fraction of sp³-hybridized carbons (Fsp3) is 0.583. The predicted molar refractivity (Wildman–Crippen MR) is 71.9 cm³/mol. The van der Waals surface area contributed by atoms with Gasteiger partial charge in [0.05, 0.1) is 12.6 Å². The molecule has 5 heteroatoms. The Kier molecular flexibility index (Phi) is 5.61. The van der Waals surface area contributed by atoms with Crippen LogP contribution in [0.2, 0.25) is 0 Å². The Morgan fingerprint density at radius 1 is 1.47 bits per heavy atom. The van der Waals surface area contributed by atoms with Crippen LogP contribution in [-0.2, 0) is 11.3 Å². The van der Waals surface area contributed by atoms with Gasteiger partial charge in [0.2, 0.25) is 5.91 Å². The molecule has 0 aromatic carbocycles. The first-order chi connectivity index (χ1) is 8.00. The van der Waals surface area contributed by atoms with Crippen LogP contribution >= 0.6 is 11.3 Å². The first kappa shape index (κ1) is 14.2. The number of rotatable bonds is 6. The molecule has 1 rings (SSSR count). The van der Waals surface area contributed by atoms with Gasteiger partial charge in [-0.25, -0.2) is 0 Å². The lowest BCUT2D eigenvalue weighted by molar-refractivity contribution is -0.132. The number of hydrogen-bond donors (Lipinski definition) is 1.